The topological polar surface area (TPSA) is 30.2 Å². The molecule has 1 aromatic heterocycles. The highest BCUT2D eigenvalue weighted by Gasteiger charge is 2.15. The number of halogens is 2. The van der Waals surface area contributed by atoms with E-state index in [1.807, 2.05) is 19.1 Å². The number of carbonyl (C=O) groups is 1. The van der Waals surface area contributed by atoms with Crippen LogP contribution < -0.4 is 0 Å². The van der Waals surface area contributed by atoms with Gasteiger partial charge in [-0.2, -0.15) is 0 Å². The molecule has 0 saturated heterocycles. The standard InChI is InChI=1S/C12H8Br2O2/c1-7-2-3-8(9(13)6-7)12(15)10-4-5-11(14)16-10/h2-6H,1H3. The number of furan rings is 1. The molecular formula is C12H8Br2O2. The van der Waals surface area contributed by atoms with E-state index in [0.29, 0.717) is 16.0 Å². The van der Waals surface area contributed by atoms with E-state index in [2.05, 4.69) is 31.9 Å². The fourth-order valence-electron chi connectivity index (χ4n) is 1.37. The van der Waals surface area contributed by atoms with Gasteiger partial charge in [0.25, 0.3) is 0 Å². The minimum Gasteiger partial charge on any atom is -0.446 e. The molecular weight excluding hydrogens is 336 g/mol. The zero-order valence-electron chi connectivity index (χ0n) is 8.46. The highest BCUT2D eigenvalue weighted by atomic mass is 79.9. The van der Waals surface area contributed by atoms with Crippen molar-refractivity contribution in [3.63, 3.8) is 0 Å². The maximum Gasteiger partial charge on any atom is 0.229 e. The molecule has 2 rings (SSSR count). The van der Waals surface area contributed by atoms with Crippen LogP contribution in [0.5, 0.6) is 0 Å². The van der Waals surface area contributed by atoms with Crippen LogP contribution in [0.4, 0.5) is 0 Å². The van der Waals surface area contributed by atoms with Gasteiger partial charge in [0.15, 0.2) is 10.4 Å². The van der Waals surface area contributed by atoms with Crippen LogP contribution in [0.1, 0.15) is 21.7 Å². The Labute approximate surface area is 110 Å². The summed E-state index contributed by atoms with van der Waals surface area (Å²) in [5, 5.41) is 0. The lowest BCUT2D eigenvalue weighted by Gasteiger charge is -2.02. The second kappa shape index (κ2) is 4.55. The summed E-state index contributed by atoms with van der Waals surface area (Å²) in [4.78, 5) is 12.0. The minimum absolute atomic E-state index is 0.127. The molecule has 0 aliphatic heterocycles. The summed E-state index contributed by atoms with van der Waals surface area (Å²) in [6.45, 7) is 1.97. The Morgan fingerprint density at radius 3 is 2.50 bits per heavy atom. The van der Waals surface area contributed by atoms with E-state index in [4.69, 9.17) is 4.42 Å². The first-order valence-corrected chi connectivity index (χ1v) is 6.23. The van der Waals surface area contributed by atoms with E-state index in [1.54, 1.807) is 18.2 Å². The van der Waals surface area contributed by atoms with Gasteiger partial charge in [-0.3, -0.25) is 4.79 Å². The van der Waals surface area contributed by atoms with E-state index >= 15 is 0 Å². The van der Waals surface area contributed by atoms with Crippen LogP contribution in [-0.4, -0.2) is 5.78 Å². The molecule has 0 aliphatic rings. The predicted molar refractivity (Wildman–Crippen MR) is 68.7 cm³/mol. The van der Waals surface area contributed by atoms with Gasteiger partial charge in [0, 0.05) is 10.0 Å². The normalized spacial score (nSPS) is 10.4. The van der Waals surface area contributed by atoms with Crippen molar-refractivity contribution in [1.82, 2.24) is 0 Å². The molecule has 0 spiro atoms. The maximum absolute atomic E-state index is 12.0. The van der Waals surface area contributed by atoms with Gasteiger partial charge < -0.3 is 4.42 Å². The van der Waals surface area contributed by atoms with Crippen LogP contribution in [0.3, 0.4) is 0 Å². The lowest BCUT2D eigenvalue weighted by atomic mass is 10.1. The molecule has 16 heavy (non-hydrogen) atoms. The van der Waals surface area contributed by atoms with Crippen molar-refractivity contribution in [2.75, 3.05) is 0 Å². The lowest BCUT2D eigenvalue weighted by molar-refractivity contribution is 0.101. The van der Waals surface area contributed by atoms with Crippen LogP contribution in [0.25, 0.3) is 0 Å². The van der Waals surface area contributed by atoms with Gasteiger partial charge in [-0.25, -0.2) is 0 Å². The highest BCUT2D eigenvalue weighted by molar-refractivity contribution is 9.10. The Balaban J connectivity index is 2.41. The Kier molecular flexibility index (Phi) is 3.30. The van der Waals surface area contributed by atoms with Crippen LogP contribution in [-0.2, 0) is 0 Å². The van der Waals surface area contributed by atoms with Crippen molar-refractivity contribution in [2.24, 2.45) is 0 Å². The predicted octanol–water partition coefficient (Wildman–Crippen LogP) is 4.34. The van der Waals surface area contributed by atoms with Crippen LogP contribution in [0.2, 0.25) is 0 Å². The van der Waals surface area contributed by atoms with Crippen molar-refractivity contribution < 1.29 is 9.21 Å². The molecule has 1 aromatic carbocycles. The Morgan fingerprint density at radius 2 is 1.94 bits per heavy atom. The van der Waals surface area contributed by atoms with E-state index in [-0.39, 0.29) is 5.78 Å². The second-order valence-electron chi connectivity index (χ2n) is 3.42. The summed E-state index contributed by atoms with van der Waals surface area (Å²) < 4.78 is 6.57. The summed E-state index contributed by atoms with van der Waals surface area (Å²) in [7, 11) is 0. The van der Waals surface area contributed by atoms with Crippen molar-refractivity contribution in [3.8, 4) is 0 Å². The molecule has 0 bridgehead atoms. The fourth-order valence-corrected chi connectivity index (χ4v) is 2.35. The van der Waals surface area contributed by atoms with E-state index in [0.717, 1.165) is 10.0 Å². The summed E-state index contributed by atoms with van der Waals surface area (Å²) in [5.74, 6) is 0.203. The number of hydrogen-bond acceptors (Lipinski definition) is 2. The van der Waals surface area contributed by atoms with E-state index in [9.17, 15) is 4.79 Å². The largest absolute Gasteiger partial charge is 0.446 e. The lowest BCUT2D eigenvalue weighted by Crippen LogP contribution is -2.00. The number of benzene rings is 1. The summed E-state index contributed by atoms with van der Waals surface area (Å²) in [6.07, 6.45) is 0. The summed E-state index contributed by atoms with van der Waals surface area (Å²) in [5.41, 5.74) is 1.71. The first-order valence-electron chi connectivity index (χ1n) is 4.64. The molecule has 0 N–H and O–H groups in total. The molecule has 2 aromatic rings. The molecule has 1 heterocycles. The molecule has 0 amide bonds. The first kappa shape index (κ1) is 11.6. The molecule has 82 valence electrons. The quantitative estimate of drug-likeness (QED) is 0.759. The molecule has 2 nitrogen and oxygen atoms in total. The zero-order valence-corrected chi connectivity index (χ0v) is 11.6. The van der Waals surface area contributed by atoms with Gasteiger partial charge in [-0.15, -0.1) is 0 Å². The van der Waals surface area contributed by atoms with Gasteiger partial charge in [-0.1, -0.05) is 22.0 Å². The molecule has 0 saturated carbocycles. The number of aryl methyl sites for hydroxylation is 1. The zero-order chi connectivity index (χ0) is 11.7. The van der Waals surface area contributed by atoms with Gasteiger partial charge in [0.2, 0.25) is 5.78 Å². The van der Waals surface area contributed by atoms with Crippen molar-refractivity contribution in [3.05, 3.63) is 56.4 Å². The molecule has 0 aliphatic carbocycles. The van der Waals surface area contributed by atoms with E-state index < -0.39 is 0 Å². The summed E-state index contributed by atoms with van der Waals surface area (Å²) >= 11 is 6.55. The van der Waals surface area contributed by atoms with Crippen molar-refractivity contribution >= 4 is 37.6 Å². The minimum atomic E-state index is -0.127. The fraction of sp³-hybridized carbons (Fsp3) is 0.0833. The van der Waals surface area contributed by atoms with Gasteiger partial charge in [0.05, 0.1) is 0 Å². The molecule has 0 unspecified atom stereocenters. The van der Waals surface area contributed by atoms with Crippen LogP contribution in [0, 0.1) is 6.92 Å². The number of rotatable bonds is 2. The van der Waals surface area contributed by atoms with Crippen LogP contribution in [0.15, 0.2) is 43.9 Å². The third-order valence-electron chi connectivity index (χ3n) is 2.17. The molecule has 0 atom stereocenters. The molecule has 0 radical (unpaired) electrons. The van der Waals surface area contributed by atoms with Crippen molar-refractivity contribution in [1.29, 1.82) is 0 Å². The number of ketones is 1. The molecule has 4 heteroatoms. The van der Waals surface area contributed by atoms with Gasteiger partial charge in [0.1, 0.15) is 0 Å². The third kappa shape index (κ3) is 2.28. The Morgan fingerprint density at radius 1 is 1.19 bits per heavy atom. The average Bonchev–Trinajstić information content (AvgIpc) is 2.64. The second-order valence-corrected chi connectivity index (χ2v) is 5.05. The number of hydrogen-bond donors (Lipinski definition) is 0. The average molecular weight is 344 g/mol. The Bertz CT molecular complexity index is 544. The highest BCUT2D eigenvalue weighted by Crippen LogP contribution is 2.23. The summed E-state index contributed by atoms with van der Waals surface area (Å²) in [6, 6.07) is 8.95. The van der Waals surface area contributed by atoms with Gasteiger partial charge in [-0.05, 0) is 52.7 Å². The monoisotopic (exact) mass is 342 g/mol. The first-order chi connectivity index (χ1) is 7.58. The smallest absolute Gasteiger partial charge is 0.229 e. The van der Waals surface area contributed by atoms with Crippen LogP contribution >= 0.6 is 31.9 Å². The number of carbonyl (C=O) groups excluding carboxylic acids is 1. The third-order valence-corrected chi connectivity index (χ3v) is 3.25. The molecule has 0 fully saturated rings. The SMILES string of the molecule is Cc1ccc(C(=O)c2ccc(Br)o2)c(Br)c1. The van der Waals surface area contributed by atoms with Crippen molar-refractivity contribution in [2.45, 2.75) is 6.92 Å². The maximum atomic E-state index is 12.0. The van der Waals surface area contributed by atoms with E-state index in [1.165, 1.54) is 0 Å². The van der Waals surface area contributed by atoms with Gasteiger partial charge >= 0.3 is 0 Å². The Hall–Kier alpha value is -0.870.